The molecule has 0 aliphatic heterocycles. The lowest BCUT2D eigenvalue weighted by molar-refractivity contribution is 0.0953. The molecule has 0 atom stereocenters. The molecule has 1 aromatic rings. The zero-order valence-electron chi connectivity index (χ0n) is 8.31. The van der Waals surface area contributed by atoms with Crippen molar-refractivity contribution in [3.63, 3.8) is 0 Å². The van der Waals surface area contributed by atoms with Crippen LogP contribution in [-0.2, 0) is 0 Å². The summed E-state index contributed by atoms with van der Waals surface area (Å²) in [5.41, 5.74) is 0.233. The highest BCUT2D eigenvalue weighted by molar-refractivity contribution is 6.31. The quantitative estimate of drug-likeness (QED) is 0.769. The van der Waals surface area contributed by atoms with Crippen molar-refractivity contribution in [2.75, 3.05) is 20.1 Å². The van der Waals surface area contributed by atoms with Gasteiger partial charge in [0.05, 0.1) is 0 Å². The van der Waals surface area contributed by atoms with Crippen molar-refractivity contribution in [2.24, 2.45) is 0 Å². The molecule has 0 bridgehead atoms. The fourth-order valence-corrected chi connectivity index (χ4v) is 1.31. The molecule has 0 aliphatic carbocycles. The van der Waals surface area contributed by atoms with Crippen LogP contribution in [0, 0.1) is 5.82 Å². The summed E-state index contributed by atoms with van der Waals surface area (Å²) in [6.07, 6.45) is 0. The van der Waals surface area contributed by atoms with Crippen molar-refractivity contribution in [1.82, 2.24) is 10.6 Å². The Bertz CT molecular complexity index is 337. The predicted octanol–water partition coefficient (Wildman–Crippen LogP) is 1.43. The standard InChI is InChI=1S/C10H12ClFN2O/c1-13-2-3-14-10(15)7-4-8(11)6-9(12)5-7/h4-6,13H,2-3H2,1H3,(H,14,15). The number of rotatable bonds is 4. The molecule has 0 aromatic heterocycles. The van der Waals surface area contributed by atoms with Crippen LogP contribution in [0.3, 0.4) is 0 Å². The molecule has 2 N–H and O–H groups in total. The molecule has 0 radical (unpaired) electrons. The Morgan fingerprint density at radius 1 is 1.40 bits per heavy atom. The van der Waals surface area contributed by atoms with Gasteiger partial charge >= 0.3 is 0 Å². The highest BCUT2D eigenvalue weighted by atomic mass is 35.5. The van der Waals surface area contributed by atoms with Gasteiger partial charge in [-0.1, -0.05) is 11.6 Å². The van der Waals surface area contributed by atoms with Crippen molar-refractivity contribution in [3.8, 4) is 0 Å². The Balaban J connectivity index is 2.65. The highest BCUT2D eigenvalue weighted by Crippen LogP contribution is 2.13. The first kappa shape index (κ1) is 11.9. The third-order valence-electron chi connectivity index (χ3n) is 1.79. The van der Waals surface area contributed by atoms with Crippen molar-refractivity contribution in [1.29, 1.82) is 0 Å². The molecule has 5 heteroatoms. The maximum Gasteiger partial charge on any atom is 0.251 e. The lowest BCUT2D eigenvalue weighted by Crippen LogP contribution is -2.30. The zero-order valence-corrected chi connectivity index (χ0v) is 9.07. The van der Waals surface area contributed by atoms with Crippen LogP contribution in [0.15, 0.2) is 18.2 Å². The lowest BCUT2D eigenvalue weighted by Gasteiger charge is -2.05. The average molecular weight is 231 g/mol. The maximum absolute atomic E-state index is 12.9. The fourth-order valence-electron chi connectivity index (χ4n) is 1.09. The Kier molecular flexibility index (Phi) is 4.52. The van der Waals surface area contributed by atoms with Crippen molar-refractivity contribution in [3.05, 3.63) is 34.6 Å². The summed E-state index contributed by atoms with van der Waals surface area (Å²) < 4.78 is 12.9. The molecule has 0 aliphatic rings. The minimum absolute atomic E-state index is 0.216. The summed E-state index contributed by atoms with van der Waals surface area (Å²) in [6, 6.07) is 3.74. The molecule has 82 valence electrons. The molecule has 3 nitrogen and oxygen atoms in total. The molecule has 0 fully saturated rings. The lowest BCUT2D eigenvalue weighted by atomic mass is 10.2. The average Bonchev–Trinajstić information content (AvgIpc) is 2.16. The van der Waals surface area contributed by atoms with Crippen LogP contribution in [0.4, 0.5) is 4.39 Å². The number of nitrogens with one attached hydrogen (secondary N) is 2. The van der Waals surface area contributed by atoms with E-state index in [0.29, 0.717) is 13.1 Å². The third kappa shape index (κ3) is 3.85. The zero-order chi connectivity index (χ0) is 11.3. The fraction of sp³-hybridized carbons (Fsp3) is 0.300. The molecule has 1 rings (SSSR count). The van der Waals surface area contributed by atoms with E-state index in [9.17, 15) is 9.18 Å². The van der Waals surface area contributed by atoms with Gasteiger partial charge in [0, 0.05) is 23.7 Å². The van der Waals surface area contributed by atoms with Gasteiger partial charge in [-0.25, -0.2) is 4.39 Å². The topological polar surface area (TPSA) is 41.1 Å². The number of amides is 1. The van der Waals surface area contributed by atoms with Crippen LogP contribution in [0.1, 0.15) is 10.4 Å². The largest absolute Gasteiger partial charge is 0.351 e. The minimum atomic E-state index is -0.513. The van der Waals surface area contributed by atoms with Gasteiger partial charge in [-0.2, -0.15) is 0 Å². The SMILES string of the molecule is CNCCNC(=O)c1cc(F)cc(Cl)c1. The molecule has 15 heavy (non-hydrogen) atoms. The van der Waals surface area contributed by atoms with Crippen molar-refractivity contribution in [2.45, 2.75) is 0 Å². The second-order valence-electron chi connectivity index (χ2n) is 3.02. The number of carbonyl (C=O) groups excluding carboxylic acids is 1. The predicted molar refractivity (Wildman–Crippen MR) is 57.7 cm³/mol. The van der Waals surface area contributed by atoms with Gasteiger partial charge in [-0.3, -0.25) is 4.79 Å². The van der Waals surface area contributed by atoms with Crippen LogP contribution < -0.4 is 10.6 Å². The summed E-state index contributed by atoms with van der Waals surface area (Å²) in [6.45, 7) is 1.15. The highest BCUT2D eigenvalue weighted by Gasteiger charge is 2.07. The molecule has 1 amide bonds. The summed E-state index contributed by atoms with van der Waals surface area (Å²) in [5.74, 6) is -0.840. The van der Waals surface area contributed by atoms with Crippen molar-refractivity contribution < 1.29 is 9.18 Å². The van der Waals surface area contributed by atoms with E-state index in [1.165, 1.54) is 6.07 Å². The molecule has 0 spiro atoms. The number of hydrogen-bond acceptors (Lipinski definition) is 2. The normalized spacial score (nSPS) is 10.1. The second kappa shape index (κ2) is 5.68. The molecule has 0 unspecified atom stereocenters. The van der Waals surface area contributed by atoms with Crippen LogP contribution >= 0.6 is 11.6 Å². The van der Waals surface area contributed by atoms with Gasteiger partial charge in [0.1, 0.15) is 5.82 Å². The van der Waals surface area contributed by atoms with Crippen molar-refractivity contribution >= 4 is 17.5 Å². The van der Waals surface area contributed by atoms with Gasteiger partial charge in [0.2, 0.25) is 0 Å². The van der Waals surface area contributed by atoms with E-state index in [-0.39, 0.29) is 16.5 Å². The van der Waals surface area contributed by atoms with E-state index in [1.54, 1.807) is 7.05 Å². The summed E-state index contributed by atoms with van der Waals surface area (Å²) in [4.78, 5) is 11.5. The summed E-state index contributed by atoms with van der Waals surface area (Å²) in [5, 5.41) is 5.73. The number of halogens is 2. The number of benzene rings is 1. The molecular weight excluding hydrogens is 219 g/mol. The van der Waals surface area contributed by atoms with E-state index in [2.05, 4.69) is 10.6 Å². The van der Waals surface area contributed by atoms with Gasteiger partial charge < -0.3 is 10.6 Å². The van der Waals surface area contributed by atoms with Gasteiger partial charge in [-0.05, 0) is 25.2 Å². The first-order valence-electron chi connectivity index (χ1n) is 4.52. The maximum atomic E-state index is 12.9. The molecule has 1 aromatic carbocycles. The molecule has 0 saturated carbocycles. The van der Waals surface area contributed by atoms with E-state index in [4.69, 9.17) is 11.6 Å². The van der Waals surface area contributed by atoms with Crippen LogP contribution in [0.25, 0.3) is 0 Å². The Hall–Kier alpha value is -1.13. The van der Waals surface area contributed by atoms with Gasteiger partial charge in [0.25, 0.3) is 5.91 Å². The number of hydrogen-bond donors (Lipinski definition) is 2. The van der Waals surface area contributed by atoms with Gasteiger partial charge in [0.15, 0.2) is 0 Å². The number of likely N-dealkylation sites (N-methyl/N-ethyl adjacent to an activating group) is 1. The third-order valence-corrected chi connectivity index (χ3v) is 2.00. The van der Waals surface area contributed by atoms with E-state index in [1.807, 2.05) is 0 Å². The van der Waals surface area contributed by atoms with Crippen LogP contribution in [0.2, 0.25) is 5.02 Å². The molecule has 0 heterocycles. The van der Waals surface area contributed by atoms with Crippen LogP contribution in [-0.4, -0.2) is 26.0 Å². The van der Waals surface area contributed by atoms with E-state index < -0.39 is 5.82 Å². The summed E-state index contributed by atoms with van der Waals surface area (Å²) >= 11 is 5.62. The van der Waals surface area contributed by atoms with E-state index >= 15 is 0 Å². The Morgan fingerprint density at radius 3 is 2.73 bits per heavy atom. The molecule has 0 saturated heterocycles. The van der Waals surface area contributed by atoms with Gasteiger partial charge in [-0.15, -0.1) is 0 Å². The summed E-state index contributed by atoms with van der Waals surface area (Å²) in [7, 11) is 1.78. The monoisotopic (exact) mass is 230 g/mol. The second-order valence-corrected chi connectivity index (χ2v) is 3.45. The number of carbonyl (C=O) groups is 1. The van der Waals surface area contributed by atoms with E-state index in [0.717, 1.165) is 12.1 Å². The Morgan fingerprint density at radius 2 is 2.13 bits per heavy atom. The smallest absolute Gasteiger partial charge is 0.251 e. The first-order valence-corrected chi connectivity index (χ1v) is 4.90. The Labute approximate surface area is 92.6 Å². The molecular formula is C10H12ClFN2O. The van der Waals surface area contributed by atoms with Crippen LogP contribution in [0.5, 0.6) is 0 Å². The minimum Gasteiger partial charge on any atom is -0.351 e. The first-order chi connectivity index (χ1) is 7.13.